The first kappa shape index (κ1) is 24.9. The smallest absolute Gasteiger partial charge is 0.257 e. The number of hydrogen-bond acceptors (Lipinski definition) is 4. The number of amides is 1. The Hall–Kier alpha value is -4.16. The normalized spacial score (nSPS) is 10.3. The molecule has 0 aliphatic carbocycles. The number of carbonyl (C=O) groups excluding carboxylic acids is 1. The summed E-state index contributed by atoms with van der Waals surface area (Å²) in [6, 6.07) is 34.9. The van der Waals surface area contributed by atoms with Gasteiger partial charge in [0, 0.05) is 30.2 Å². The quantitative estimate of drug-likeness (QED) is 0.262. The van der Waals surface area contributed by atoms with Crippen LogP contribution in [0.25, 0.3) is 0 Å². The van der Waals surface area contributed by atoms with Gasteiger partial charge in [-0.3, -0.25) is 10.1 Å². The highest BCUT2D eigenvalue weighted by molar-refractivity contribution is 7.80. The molecular formula is C30H28N2O3S. The van der Waals surface area contributed by atoms with Crippen LogP contribution in [0.4, 0.5) is 5.69 Å². The summed E-state index contributed by atoms with van der Waals surface area (Å²) >= 11 is 5.35. The van der Waals surface area contributed by atoms with Crippen LogP contribution >= 0.6 is 12.2 Å². The van der Waals surface area contributed by atoms with Crippen molar-refractivity contribution in [1.82, 2.24) is 5.32 Å². The molecule has 5 nitrogen and oxygen atoms in total. The van der Waals surface area contributed by atoms with Crippen molar-refractivity contribution in [3.8, 4) is 11.5 Å². The lowest BCUT2D eigenvalue weighted by molar-refractivity contribution is 0.0977. The Kier molecular flexibility index (Phi) is 9.06. The van der Waals surface area contributed by atoms with Gasteiger partial charge in [-0.05, 0) is 53.7 Å². The topological polar surface area (TPSA) is 59.6 Å². The molecule has 6 heteroatoms. The van der Waals surface area contributed by atoms with Gasteiger partial charge in [-0.1, -0.05) is 72.8 Å². The second kappa shape index (κ2) is 13.1. The lowest BCUT2D eigenvalue weighted by atomic mass is 10.2. The fourth-order valence-corrected chi connectivity index (χ4v) is 3.80. The van der Waals surface area contributed by atoms with E-state index in [0.29, 0.717) is 24.5 Å². The molecular weight excluding hydrogens is 468 g/mol. The number of rotatable bonds is 10. The molecule has 0 atom stereocenters. The predicted octanol–water partition coefficient (Wildman–Crippen LogP) is 6.06. The highest BCUT2D eigenvalue weighted by Gasteiger charge is 2.10. The maximum atomic E-state index is 12.7. The molecule has 0 heterocycles. The Morgan fingerprint density at radius 1 is 0.667 bits per heavy atom. The Labute approximate surface area is 217 Å². The van der Waals surface area contributed by atoms with E-state index in [1.807, 2.05) is 66.7 Å². The average molecular weight is 497 g/mol. The largest absolute Gasteiger partial charge is 0.493 e. The van der Waals surface area contributed by atoms with Gasteiger partial charge in [-0.25, -0.2) is 0 Å². The molecule has 0 radical (unpaired) electrons. The van der Waals surface area contributed by atoms with E-state index in [9.17, 15) is 4.79 Å². The molecule has 0 aromatic heterocycles. The van der Waals surface area contributed by atoms with E-state index < -0.39 is 0 Å². The summed E-state index contributed by atoms with van der Waals surface area (Å²) in [7, 11) is 0. The Morgan fingerprint density at radius 3 is 1.83 bits per heavy atom. The lowest BCUT2D eigenvalue weighted by Crippen LogP contribution is -2.34. The van der Waals surface area contributed by atoms with Crippen molar-refractivity contribution < 1.29 is 14.3 Å². The number of carbonyl (C=O) groups is 1. The Morgan fingerprint density at radius 2 is 1.22 bits per heavy atom. The van der Waals surface area contributed by atoms with Crippen LogP contribution in [0.2, 0.25) is 0 Å². The van der Waals surface area contributed by atoms with E-state index in [0.717, 1.165) is 24.3 Å². The van der Waals surface area contributed by atoms with Gasteiger partial charge in [0.25, 0.3) is 5.91 Å². The second-order valence-corrected chi connectivity index (χ2v) is 8.54. The SMILES string of the molecule is O=C(NC(=S)Nc1cccc(OCCc2ccccc2)c1)c1cccc(OCCc2ccccc2)c1. The summed E-state index contributed by atoms with van der Waals surface area (Å²) in [4.78, 5) is 12.7. The van der Waals surface area contributed by atoms with Crippen LogP contribution in [0.3, 0.4) is 0 Å². The first-order valence-corrected chi connectivity index (χ1v) is 12.2. The van der Waals surface area contributed by atoms with Gasteiger partial charge >= 0.3 is 0 Å². The molecule has 0 saturated heterocycles. The van der Waals surface area contributed by atoms with Crippen LogP contribution in [0.15, 0.2) is 109 Å². The van der Waals surface area contributed by atoms with Gasteiger partial charge in [0.05, 0.1) is 13.2 Å². The van der Waals surface area contributed by atoms with Crippen molar-refractivity contribution in [3.05, 3.63) is 126 Å². The zero-order chi connectivity index (χ0) is 25.0. The van der Waals surface area contributed by atoms with E-state index in [2.05, 4.69) is 34.9 Å². The van der Waals surface area contributed by atoms with Crippen molar-refractivity contribution in [3.63, 3.8) is 0 Å². The molecule has 0 fully saturated rings. The molecule has 0 spiro atoms. The molecule has 4 rings (SSSR count). The third kappa shape index (κ3) is 7.96. The van der Waals surface area contributed by atoms with Crippen molar-refractivity contribution in [2.24, 2.45) is 0 Å². The predicted molar refractivity (Wildman–Crippen MR) is 148 cm³/mol. The summed E-state index contributed by atoms with van der Waals surface area (Å²) in [6.07, 6.45) is 1.61. The van der Waals surface area contributed by atoms with Gasteiger partial charge in [0.15, 0.2) is 5.11 Å². The maximum Gasteiger partial charge on any atom is 0.257 e. The van der Waals surface area contributed by atoms with Crippen molar-refractivity contribution in [1.29, 1.82) is 0 Å². The number of thiocarbonyl (C=S) groups is 1. The van der Waals surface area contributed by atoms with Crippen LogP contribution in [0.1, 0.15) is 21.5 Å². The number of nitrogens with one attached hydrogen (secondary N) is 2. The zero-order valence-electron chi connectivity index (χ0n) is 19.9. The fraction of sp³-hybridized carbons (Fsp3) is 0.133. The van der Waals surface area contributed by atoms with Crippen LogP contribution in [0.5, 0.6) is 11.5 Å². The van der Waals surface area contributed by atoms with Crippen LogP contribution in [-0.2, 0) is 12.8 Å². The highest BCUT2D eigenvalue weighted by Crippen LogP contribution is 2.18. The molecule has 1 amide bonds. The molecule has 4 aromatic rings. The minimum absolute atomic E-state index is 0.205. The lowest BCUT2D eigenvalue weighted by Gasteiger charge is -2.12. The van der Waals surface area contributed by atoms with Crippen molar-refractivity contribution in [2.45, 2.75) is 12.8 Å². The Balaban J connectivity index is 1.25. The van der Waals surface area contributed by atoms with E-state index in [1.54, 1.807) is 18.2 Å². The molecule has 0 aliphatic rings. The molecule has 2 N–H and O–H groups in total. The standard InChI is InChI=1S/C30H28N2O3S/c33-29(25-13-7-15-27(21-25)34-19-17-23-9-3-1-4-10-23)32-30(36)31-26-14-8-16-28(22-26)35-20-18-24-11-5-2-6-12-24/h1-16,21-22H,17-20H2,(H2,31,32,33,36). The van der Waals surface area contributed by atoms with Crippen molar-refractivity contribution >= 4 is 28.9 Å². The first-order chi connectivity index (χ1) is 17.7. The molecule has 0 aliphatic heterocycles. The summed E-state index contributed by atoms with van der Waals surface area (Å²) in [5.41, 5.74) is 3.62. The summed E-state index contributed by atoms with van der Waals surface area (Å²) in [5, 5.41) is 5.97. The van der Waals surface area contributed by atoms with Gasteiger partial charge in [-0.15, -0.1) is 0 Å². The molecule has 0 bridgehead atoms. The van der Waals surface area contributed by atoms with E-state index in [4.69, 9.17) is 21.7 Å². The van der Waals surface area contributed by atoms with Gasteiger partial charge < -0.3 is 14.8 Å². The van der Waals surface area contributed by atoms with E-state index in [-0.39, 0.29) is 11.0 Å². The average Bonchev–Trinajstić information content (AvgIpc) is 2.90. The van der Waals surface area contributed by atoms with E-state index >= 15 is 0 Å². The summed E-state index contributed by atoms with van der Waals surface area (Å²) in [6.45, 7) is 1.09. The van der Waals surface area contributed by atoms with Gasteiger partial charge in [-0.2, -0.15) is 0 Å². The van der Waals surface area contributed by atoms with Crippen LogP contribution < -0.4 is 20.1 Å². The minimum Gasteiger partial charge on any atom is -0.493 e. The number of anilines is 1. The minimum atomic E-state index is -0.309. The molecule has 182 valence electrons. The molecule has 36 heavy (non-hydrogen) atoms. The third-order valence-corrected chi connectivity index (χ3v) is 5.62. The monoisotopic (exact) mass is 496 g/mol. The fourth-order valence-electron chi connectivity index (χ4n) is 3.59. The molecule has 4 aromatic carbocycles. The molecule has 0 saturated carbocycles. The highest BCUT2D eigenvalue weighted by atomic mass is 32.1. The summed E-state index contributed by atoms with van der Waals surface area (Å²) in [5.74, 6) is 1.06. The van der Waals surface area contributed by atoms with Crippen LogP contribution in [-0.4, -0.2) is 24.2 Å². The van der Waals surface area contributed by atoms with Crippen molar-refractivity contribution in [2.75, 3.05) is 18.5 Å². The number of hydrogen-bond donors (Lipinski definition) is 2. The third-order valence-electron chi connectivity index (χ3n) is 5.42. The Bertz CT molecular complexity index is 1280. The van der Waals surface area contributed by atoms with Gasteiger partial charge in [0.1, 0.15) is 11.5 Å². The van der Waals surface area contributed by atoms with Gasteiger partial charge in [0.2, 0.25) is 0 Å². The number of benzene rings is 4. The molecule has 0 unspecified atom stereocenters. The summed E-state index contributed by atoms with van der Waals surface area (Å²) < 4.78 is 11.7. The zero-order valence-corrected chi connectivity index (χ0v) is 20.7. The van der Waals surface area contributed by atoms with E-state index in [1.165, 1.54) is 11.1 Å². The second-order valence-electron chi connectivity index (χ2n) is 8.13. The van der Waals surface area contributed by atoms with Crippen LogP contribution in [0, 0.1) is 0 Å². The first-order valence-electron chi connectivity index (χ1n) is 11.8. The maximum absolute atomic E-state index is 12.7. The number of ether oxygens (including phenoxy) is 2.